The summed E-state index contributed by atoms with van der Waals surface area (Å²) < 4.78 is 0. The lowest BCUT2D eigenvalue weighted by atomic mass is 10.0. The zero-order valence-corrected chi connectivity index (χ0v) is 17.8. The predicted molar refractivity (Wildman–Crippen MR) is 119 cm³/mol. The molecule has 0 fully saturated rings. The van der Waals surface area contributed by atoms with Crippen LogP contribution >= 0.6 is 24.0 Å². The van der Waals surface area contributed by atoms with Crippen molar-refractivity contribution in [1.29, 1.82) is 0 Å². The van der Waals surface area contributed by atoms with Gasteiger partial charge in [-0.15, -0.1) is 24.0 Å². The molecule has 1 atom stereocenters. The van der Waals surface area contributed by atoms with E-state index >= 15 is 0 Å². The Bertz CT molecular complexity index is 656. The van der Waals surface area contributed by atoms with Crippen LogP contribution in [0, 0.1) is 0 Å². The number of benzene rings is 2. The minimum Gasteiger partial charge on any atom is -0.378 e. The van der Waals surface area contributed by atoms with Crippen molar-refractivity contribution >= 4 is 35.6 Å². The van der Waals surface area contributed by atoms with Gasteiger partial charge >= 0.3 is 0 Å². The summed E-state index contributed by atoms with van der Waals surface area (Å²) in [4.78, 5) is 6.42. The molecule has 2 N–H and O–H groups in total. The predicted octanol–water partition coefficient (Wildman–Crippen LogP) is 3.84. The van der Waals surface area contributed by atoms with Gasteiger partial charge < -0.3 is 15.5 Å². The maximum Gasteiger partial charge on any atom is 0.191 e. The molecule has 25 heavy (non-hydrogen) atoms. The number of aliphatic imine (C=N–C) groups is 1. The Balaban J connectivity index is 0.00000312. The highest BCUT2D eigenvalue weighted by atomic mass is 127. The summed E-state index contributed by atoms with van der Waals surface area (Å²) in [6, 6.07) is 19.0. The first-order valence-electron chi connectivity index (χ1n) is 8.36. The SMILES string of the molecule is CN=C(NCc1cccc(N(C)C)c1)NCC(C)c1ccccc1.I. The van der Waals surface area contributed by atoms with E-state index in [0.717, 1.165) is 19.0 Å². The fourth-order valence-electron chi connectivity index (χ4n) is 2.50. The van der Waals surface area contributed by atoms with Crippen LogP contribution in [0.15, 0.2) is 59.6 Å². The van der Waals surface area contributed by atoms with Crippen LogP contribution in [0.4, 0.5) is 5.69 Å². The van der Waals surface area contributed by atoms with Crippen molar-refractivity contribution in [2.75, 3.05) is 32.6 Å². The molecule has 2 aromatic rings. The molecule has 0 heterocycles. The number of nitrogens with zero attached hydrogens (tertiary/aromatic N) is 2. The Morgan fingerprint density at radius 1 is 1.04 bits per heavy atom. The van der Waals surface area contributed by atoms with Crippen LogP contribution in [0.3, 0.4) is 0 Å². The van der Waals surface area contributed by atoms with Crippen LogP contribution in [0.1, 0.15) is 24.0 Å². The van der Waals surface area contributed by atoms with E-state index in [9.17, 15) is 0 Å². The Morgan fingerprint density at radius 3 is 2.40 bits per heavy atom. The third-order valence-corrected chi connectivity index (χ3v) is 4.05. The first-order chi connectivity index (χ1) is 11.6. The molecule has 2 aromatic carbocycles. The van der Waals surface area contributed by atoms with Gasteiger partial charge in [-0.25, -0.2) is 0 Å². The highest BCUT2D eigenvalue weighted by Gasteiger charge is 2.06. The van der Waals surface area contributed by atoms with Crippen molar-refractivity contribution in [2.24, 2.45) is 4.99 Å². The lowest BCUT2D eigenvalue weighted by molar-refractivity contribution is 0.699. The Kier molecular flexibility index (Phi) is 9.34. The van der Waals surface area contributed by atoms with Gasteiger partial charge in [-0.3, -0.25) is 4.99 Å². The third-order valence-electron chi connectivity index (χ3n) is 4.05. The molecule has 2 rings (SSSR count). The second kappa shape index (κ2) is 11.0. The Hall–Kier alpha value is -1.76. The molecule has 0 aromatic heterocycles. The fraction of sp³-hybridized carbons (Fsp3) is 0.350. The van der Waals surface area contributed by atoms with Gasteiger partial charge in [0.1, 0.15) is 0 Å². The van der Waals surface area contributed by atoms with E-state index in [1.54, 1.807) is 7.05 Å². The molecule has 0 radical (unpaired) electrons. The molecule has 136 valence electrons. The monoisotopic (exact) mass is 452 g/mol. The number of guanidine groups is 1. The summed E-state index contributed by atoms with van der Waals surface area (Å²) in [5.74, 6) is 1.26. The third kappa shape index (κ3) is 6.94. The zero-order chi connectivity index (χ0) is 17.4. The lowest BCUT2D eigenvalue weighted by Crippen LogP contribution is -2.38. The number of anilines is 1. The smallest absolute Gasteiger partial charge is 0.191 e. The van der Waals surface area contributed by atoms with Gasteiger partial charge in [0.25, 0.3) is 0 Å². The molecule has 0 saturated heterocycles. The minimum atomic E-state index is 0. The summed E-state index contributed by atoms with van der Waals surface area (Å²) in [5, 5.41) is 6.78. The zero-order valence-electron chi connectivity index (χ0n) is 15.5. The molecule has 0 amide bonds. The minimum absolute atomic E-state index is 0. The number of hydrogen-bond donors (Lipinski definition) is 2. The van der Waals surface area contributed by atoms with Crippen molar-refractivity contribution in [3.05, 3.63) is 65.7 Å². The molecule has 1 unspecified atom stereocenters. The standard InChI is InChI=1S/C20H28N4.HI/c1-16(18-10-6-5-7-11-18)14-22-20(21-2)23-15-17-9-8-12-19(13-17)24(3)4;/h5-13,16H,14-15H2,1-4H3,(H2,21,22,23);1H. The van der Waals surface area contributed by atoms with Crippen molar-refractivity contribution < 1.29 is 0 Å². The fourth-order valence-corrected chi connectivity index (χ4v) is 2.50. The summed E-state index contributed by atoms with van der Waals surface area (Å²) >= 11 is 0. The highest BCUT2D eigenvalue weighted by molar-refractivity contribution is 14.0. The highest BCUT2D eigenvalue weighted by Crippen LogP contribution is 2.14. The summed E-state index contributed by atoms with van der Waals surface area (Å²) in [6.45, 7) is 3.82. The molecule has 0 aliphatic carbocycles. The van der Waals surface area contributed by atoms with E-state index < -0.39 is 0 Å². The average Bonchev–Trinajstić information content (AvgIpc) is 2.62. The number of hydrogen-bond acceptors (Lipinski definition) is 2. The van der Waals surface area contributed by atoms with E-state index in [-0.39, 0.29) is 24.0 Å². The first kappa shape index (κ1) is 21.3. The Morgan fingerprint density at radius 2 is 1.76 bits per heavy atom. The van der Waals surface area contributed by atoms with Crippen molar-refractivity contribution in [3.8, 4) is 0 Å². The molecular weight excluding hydrogens is 423 g/mol. The molecule has 0 spiro atoms. The van der Waals surface area contributed by atoms with Crippen LogP contribution in [-0.2, 0) is 6.54 Å². The number of nitrogens with one attached hydrogen (secondary N) is 2. The molecule has 0 bridgehead atoms. The maximum atomic E-state index is 4.31. The molecule has 4 nitrogen and oxygen atoms in total. The van der Waals surface area contributed by atoms with E-state index in [2.05, 4.69) is 90.1 Å². The summed E-state index contributed by atoms with van der Waals surface area (Å²) in [6.07, 6.45) is 0. The average molecular weight is 452 g/mol. The molecule has 0 aliphatic rings. The lowest BCUT2D eigenvalue weighted by Gasteiger charge is -2.17. The summed E-state index contributed by atoms with van der Waals surface area (Å²) in [5.41, 5.74) is 3.77. The van der Waals surface area contributed by atoms with Gasteiger partial charge in [0.05, 0.1) is 0 Å². The number of halogens is 1. The van der Waals surface area contributed by atoms with Crippen molar-refractivity contribution in [3.63, 3.8) is 0 Å². The van der Waals surface area contributed by atoms with E-state index in [4.69, 9.17) is 0 Å². The van der Waals surface area contributed by atoms with Gasteiger partial charge in [0.15, 0.2) is 5.96 Å². The van der Waals surface area contributed by atoms with Crippen LogP contribution < -0.4 is 15.5 Å². The van der Waals surface area contributed by atoms with Crippen LogP contribution in [0.25, 0.3) is 0 Å². The summed E-state index contributed by atoms with van der Waals surface area (Å²) in [7, 11) is 5.91. The molecule has 5 heteroatoms. The maximum absolute atomic E-state index is 4.31. The molecule has 0 saturated carbocycles. The topological polar surface area (TPSA) is 39.7 Å². The van der Waals surface area contributed by atoms with Crippen LogP contribution in [-0.4, -0.2) is 33.6 Å². The van der Waals surface area contributed by atoms with Crippen molar-refractivity contribution in [2.45, 2.75) is 19.4 Å². The first-order valence-corrected chi connectivity index (χ1v) is 8.36. The second-order valence-corrected chi connectivity index (χ2v) is 6.18. The van der Waals surface area contributed by atoms with Crippen LogP contribution in [0.2, 0.25) is 0 Å². The largest absolute Gasteiger partial charge is 0.378 e. The van der Waals surface area contributed by atoms with Gasteiger partial charge in [-0.05, 0) is 29.2 Å². The quantitative estimate of drug-likeness (QED) is 0.398. The van der Waals surface area contributed by atoms with Gasteiger partial charge in [0, 0.05) is 39.9 Å². The van der Waals surface area contributed by atoms with E-state index in [1.165, 1.54) is 16.8 Å². The Labute approximate surface area is 168 Å². The van der Waals surface area contributed by atoms with Gasteiger partial charge in [-0.1, -0.05) is 49.4 Å². The van der Waals surface area contributed by atoms with Crippen LogP contribution in [0.5, 0.6) is 0 Å². The van der Waals surface area contributed by atoms with Gasteiger partial charge in [-0.2, -0.15) is 0 Å². The van der Waals surface area contributed by atoms with E-state index in [1.807, 2.05) is 6.07 Å². The normalized spacial score (nSPS) is 12.1. The van der Waals surface area contributed by atoms with E-state index in [0.29, 0.717) is 5.92 Å². The molecular formula is C20H29IN4. The number of rotatable bonds is 6. The van der Waals surface area contributed by atoms with Gasteiger partial charge in [0.2, 0.25) is 0 Å². The second-order valence-electron chi connectivity index (χ2n) is 6.18. The molecule has 0 aliphatic heterocycles. The van der Waals surface area contributed by atoms with Crippen molar-refractivity contribution in [1.82, 2.24) is 10.6 Å².